The summed E-state index contributed by atoms with van der Waals surface area (Å²) in [6.07, 6.45) is 8.57. The highest BCUT2D eigenvalue weighted by Gasteiger charge is 2.45. The van der Waals surface area contributed by atoms with Crippen LogP contribution < -0.4 is 10.6 Å². The molecular formula is C20H27N3O3. The fourth-order valence-corrected chi connectivity index (χ4v) is 5.95. The van der Waals surface area contributed by atoms with E-state index >= 15 is 0 Å². The van der Waals surface area contributed by atoms with Crippen molar-refractivity contribution in [1.29, 1.82) is 0 Å². The first-order valence-electron chi connectivity index (χ1n) is 10.0. The van der Waals surface area contributed by atoms with Gasteiger partial charge in [-0.05, 0) is 68.4 Å². The molecule has 6 nitrogen and oxygen atoms in total. The highest BCUT2D eigenvalue weighted by molar-refractivity contribution is 5.91. The third kappa shape index (κ3) is 2.94. The number of furan rings is 1. The molecule has 1 aromatic heterocycles. The Kier molecular flexibility index (Phi) is 4.03. The second-order valence-electron chi connectivity index (χ2n) is 8.77. The maximum absolute atomic E-state index is 13.2. The second kappa shape index (κ2) is 6.41. The minimum atomic E-state index is -0.208. The van der Waals surface area contributed by atoms with Gasteiger partial charge in [0.1, 0.15) is 0 Å². The van der Waals surface area contributed by atoms with Crippen molar-refractivity contribution in [1.82, 2.24) is 15.5 Å². The number of carbonyl (C=O) groups excluding carboxylic acids is 2. The van der Waals surface area contributed by atoms with Crippen LogP contribution in [0.15, 0.2) is 22.8 Å². The van der Waals surface area contributed by atoms with E-state index in [0.29, 0.717) is 30.7 Å². The quantitative estimate of drug-likeness (QED) is 0.865. The molecule has 0 spiro atoms. The van der Waals surface area contributed by atoms with Crippen molar-refractivity contribution in [2.45, 2.75) is 56.7 Å². The maximum atomic E-state index is 13.2. The van der Waals surface area contributed by atoms with Gasteiger partial charge in [-0.3, -0.25) is 9.59 Å². The van der Waals surface area contributed by atoms with E-state index in [1.165, 1.54) is 38.4 Å². The number of amides is 2. The summed E-state index contributed by atoms with van der Waals surface area (Å²) in [6.45, 7) is 1.58. The van der Waals surface area contributed by atoms with E-state index in [1.807, 2.05) is 0 Å². The SMILES string of the molecule is O=C(N[C@H]1CN[C@H](C(=O)N2CC3C[C@@H]4CC2C[C@H](C3)C4)C1)c1ccco1. The Morgan fingerprint density at radius 3 is 2.58 bits per heavy atom. The predicted octanol–water partition coefficient (Wildman–Crippen LogP) is 1.78. The fraction of sp³-hybridized carbons (Fsp3) is 0.700. The van der Waals surface area contributed by atoms with Gasteiger partial charge >= 0.3 is 0 Å². The predicted molar refractivity (Wildman–Crippen MR) is 95.4 cm³/mol. The standard InChI is InChI=1S/C20H27N3O3/c24-19(18-2-1-3-26-18)22-15-9-17(21-10-15)20(25)23-11-14-5-12-4-13(6-14)8-16(23)7-12/h1-3,12-17,21H,4-11H2,(H,22,24)/t12-,13+,14?,15-,16?,17+/m1/s1. The van der Waals surface area contributed by atoms with Crippen molar-refractivity contribution in [2.75, 3.05) is 13.1 Å². The van der Waals surface area contributed by atoms with E-state index in [2.05, 4.69) is 15.5 Å². The number of hydrogen-bond acceptors (Lipinski definition) is 4. The average molecular weight is 357 g/mol. The molecule has 2 unspecified atom stereocenters. The molecule has 2 amide bonds. The number of hydrogen-bond donors (Lipinski definition) is 2. The summed E-state index contributed by atoms with van der Waals surface area (Å²) in [4.78, 5) is 27.6. The Hall–Kier alpha value is -1.82. The highest BCUT2D eigenvalue weighted by atomic mass is 16.3. The van der Waals surface area contributed by atoms with E-state index in [0.717, 1.165) is 18.4 Å². The van der Waals surface area contributed by atoms with Crippen LogP contribution >= 0.6 is 0 Å². The van der Waals surface area contributed by atoms with Gasteiger partial charge in [-0.15, -0.1) is 0 Å². The maximum Gasteiger partial charge on any atom is 0.287 e. The van der Waals surface area contributed by atoms with Gasteiger partial charge in [-0.25, -0.2) is 0 Å². The van der Waals surface area contributed by atoms with E-state index < -0.39 is 0 Å². The molecule has 6 heteroatoms. The van der Waals surface area contributed by atoms with Gasteiger partial charge in [0.25, 0.3) is 5.91 Å². The van der Waals surface area contributed by atoms with Gasteiger partial charge in [-0.2, -0.15) is 0 Å². The summed E-state index contributed by atoms with van der Waals surface area (Å²) in [5.74, 6) is 2.74. The lowest BCUT2D eigenvalue weighted by molar-refractivity contribution is -0.136. The molecule has 6 rings (SSSR count). The van der Waals surface area contributed by atoms with Crippen molar-refractivity contribution in [3.05, 3.63) is 24.2 Å². The van der Waals surface area contributed by atoms with Gasteiger partial charge in [-0.1, -0.05) is 0 Å². The lowest BCUT2D eigenvalue weighted by atomic mass is 9.68. The number of nitrogens with zero attached hydrogens (tertiary/aromatic N) is 1. The van der Waals surface area contributed by atoms with Crippen LogP contribution in [0.4, 0.5) is 0 Å². The molecule has 140 valence electrons. The topological polar surface area (TPSA) is 74.6 Å². The van der Waals surface area contributed by atoms with Gasteiger partial charge in [0.2, 0.25) is 5.91 Å². The molecule has 0 radical (unpaired) electrons. The largest absolute Gasteiger partial charge is 0.459 e. The molecule has 4 bridgehead atoms. The summed E-state index contributed by atoms with van der Waals surface area (Å²) in [5, 5.41) is 6.32. The molecule has 4 heterocycles. The molecule has 2 N–H and O–H groups in total. The summed E-state index contributed by atoms with van der Waals surface area (Å²) in [6, 6.07) is 3.60. The Bertz CT molecular complexity index is 674. The first-order chi connectivity index (χ1) is 12.7. The normalized spacial score (nSPS) is 38.4. The Labute approximate surface area is 153 Å². The molecule has 6 atom stereocenters. The van der Waals surface area contributed by atoms with E-state index in [1.54, 1.807) is 12.1 Å². The molecule has 1 aromatic rings. The molecule has 2 saturated carbocycles. The van der Waals surface area contributed by atoms with Gasteiger partial charge in [0.15, 0.2) is 5.76 Å². The van der Waals surface area contributed by atoms with Crippen molar-refractivity contribution in [3.8, 4) is 0 Å². The zero-order valence-electron chi connectivity index (χ0n) is 15.0. The lowest BCUT2D eigenvalue weighted by Crippen LogP contribution is -2.49. The molecule has 2 aliphatic carbocycles. The van der Waals surface area contributed by atoms with Gasteiger partial charge in [0, 0.05) is 25.2 Å². The second-order valence-corrected chi connectivity index (χ2v) is 8.77. The average Bonchev–Trinajstić information content (AvgIpc) is 3.26. The third-order valence-electron chi connectivity index (χ3n) is 6.90. The number of carbonyl (C=O) groups is 2. The van der Waals surface area contributed by atoms with Crippen molar-refractivity contribution in [3.63, 3.8) is 0 Å². The van der Waals surface area contributed by atoms with Gasteiger partial charge < -0.3 is 20.0 Å². The monoisotopic (exact) mass is 357 g/mol. The molecule has 5 fully saturated rings. The van der Waals surface area contributed by atoms with Crippen LogP contribution in [0, 0.1) is 17.8 Å². The van der Waals surface area contributed by atoms with Crippen LogP contribution in [-0.2, 0) is 4.79 Å². The lowest BCUT2D eigenvalue weighted by Gasteiger charge is -2.39. The van der Waals surface area contributed by atoms with Crippen molar-refractivity contribution in [2.24, 2.45) is 17.8 Å². The minimum absolute atomic E-state index is 0.0266. The molecule has 3 aliphatic heterocycles. The van der Waals surface area contributed by atoms with Crippen LogP contribution in [-0.4, -0.2) is 47.9 Å². The number of fused-ring (bicyclic) bond motifs is 1. The zero-order chi connectivity index (χ0) is 17.7. The van der Waals surface area contributed by atoms with Gasteiger partial charge in [0.05, 0.1) is 12.3 Å². The summed E-state index contributed by atoms with van der Waals surface area (Å²) in [5.41, 5.74) is 0. The van der Waals surface area contributed by atoms with Crippen LogP contribution in [0.25, 0.3) is 0 Å². The van der Waals surface area contributed by atoms with E-state index in [4.69, 9.17) is 4.42 Å². The van der Waals surface area contributed by atoms with Crippen molar-refractivity contribution < 1.29 is 14.0 Å². The first kappa shape index (κ1) is 16.4. The minimum Gasteiger partial charge on any atom is -0.459 e. The Balaban J connectivity index is 1.22. The van der Waals surface area contributed by atoms with Crippen LogP contribution in [0.3, 0.4) is 0 Å². The highest BCUT2D eigenvalue weighted by Crippen LogP contribution is 2.47. The number of nitrogens with one attached hydrogen (secondary N) is 2. The van der Waals surface area contributed by atoms with Crippen molar-refractivity contribution >= 4 is 11.8 Å². The summed E-state index contributed by atoms with van der Waals surface area (Å²) < 4.78 is 5.14. The van der Waals surface area contributed by atoms with E-state index in [9.17, 15) is 9.59 Å². The van der Waals surface area contributed by atoms with E-state index in [-0.39, 0.29) is 23.9 Å². The third-order valence-corrected chi connectivity index (χ3v) is 6.90. The molecular weight excluding hydrogens is 330 g/mol. The fourth-order valence-electron chi connectivity index (χ4n) is 5.95. The van der Waals surface area contributed by atoms with Crippen LogP contribution in [0.1, 0.15) is 49.1 Å². The zero-order valence-corrected chi connectivity index (χ0v) is 15.0. The summed E-state index contributed by atoms with van der Waals surface area (Å²) in [7, 11) is 0. The smallest absolute Gasteiger partial charge is 0.287 e. The Morgan fingerprint density at radius 1 is 1.08 bits per heavy atom. The molecule has 26 heavy (non-hydrogen) atoms. The Morgan fingerprint density at radius 2 is 1.85 bits per heavy atom. The van der Waals surface area contributed by atoms with Crippen LogP contribution in [0.5, 0.6) is 0 Å². The van der Waals surface area contributed by atoms with Crippen LogP contribution in [0.2, 0.25) is 0 Å². The first-order valence-corrected chi connectivity index (χ1v) is 10.0. The number of rotatable bonds is 3. The molecule has 5 aliphatic rings. The molecule has 3 saturated heterocycles. The molecule has 0 aromatic carbocycles. The summed E-state index contributed by atoms with van der Waals surface area (Å²) >= 11 is 0.